The van der Waals surface area contributed by atoms with E-state index in [4.69, 9.17) is 0 Å². The molecule has 4 rings (SSSR count). The summed E-state index contributed by atoms with van der Waals surface area (Å²) in [5.41, 5.74) is 3.82. The Balaban J connectivity index is 1.30. The molecule has 0 spiro atoms. The summed E-state index contributed by atoms with van der Waals surface area (Å²) in [4.78, 5) is 18.7. The van der Waals surface area contributed by atoms with Gasteiger partial charge in [-0.2, -0.15) is 5.26 Å². The van der Waals surface area contributed by atoms with Gasteiger partial charge in [0.25, 0.3) is 5.56 Å². The van der Waals surface area contributed by atoms with Crippen LogP contribution in [0.15, 0.2) is 47.4 Å². The average molecular weight is 420 g/mol. The van der Waals surface area contributed by atoms with Crippen LogP contribution in [-0.4, -0.2) is 40.1 Å². The third kappa shape index (κ3) is 4.98. The van der Waals surface area contributed by atoms with Crippen LogP contribution in [0.1, 0.15) is 29.5 Å². The second kappa shape index (κ2) is 9.38. The first-order valence-electron chi connectivity index (χ1n) is 10.6. The van der Waals surface area contributed by atoms with Crippen LogP contribution in [-0.2, 0) is 13.1 Å². The second-order valence-corrected chi connectivity index (χ2v) is 8.14. The molecule has 2 aromatic carbocycles. The van der Waals surface area contributed by atoms with Crippen molar-refractivity contribution in [3.63, 3.8) is 0 Å². The summed E-state index contributed by atoms with van der Waals surface area (Å²) in [5.74, 6) is -0.365. The zero-order valence-corrected chi connectivity index (χ0v) is 17.6. The van der Waals surface area contributed by atoms with E-state index in [-0.39, 0.29) is 11.4 Å². The van der Waals surface area contributed by atoms with Crippen molar-refractivity contribution in [3.8, 4) is 6.07 Å². The number of fused-ring (bicyclic) bond motifs is 1. The number of likely N-dealkylation sites (tertiary alicyclic amines) is 1. The van der Waals surface area contributed by atoms with Gasteiger partial charge >= 0.3 is 0 Å². The van der Waals surface area contributed by atoms with Crippen LogP contribution in [0.2, 0.25) is 0 Å². The summed E-state index contributed by atoms with van der Waals surface area (Å²) in [6.07, 6.45) is 3.36. The number of hydrogen-bond donors (Lipinski definition) is 1. The van der Waals surface area contributed by atoms with E-state index in [9.17, 15) is 14.4 Å². The molecule has 0 unspecified atom stereocenters. The second-order valence-electron chi connectivity index (χ2n) is 8.14. The number of aryl methyl sites for hydroxylation is 1. The molecular formula is C24H26FN5O. The Kier molecular flexibility index (Phi) is 6.40. The lowest BCUT2D eigenvalue weighted by Crippen LogP contribution is -2.43. The van der Waals surface area contributed by atoms with E-state index in [0.717, 1.165) is 55.7 Å². The fourth-order valence-corrected chi connectivity index (χ4v) is 4.13. The van der Waals surface area contributed by atoms with Crippen LogP contribution in [0, 0.1) is 24.1 Å². The molecular weight excluding hydrogens is 393 g/mol. The van der Waals surface area contributed by atoms with Crippen molar-refractivity contribution in [1.82, 2.24) is 19.8 Å². The Morgan fingerprint density at radius 1 is 1.19 bits per heavy atom. The Hall–Kier alpha value is -3.08. The van der Waals surface area contributed by atoms with Gasteiger partial charge in [-0.05, 0) is 68.2 Å². The van der Waals surface area contributed by atoms with Gasteiger partial charge in [-0.15, -0.1) is 0 Å². The smallest absolute Gasteiger partial charge is 0.269 e. The quantitative estimate of drug-likeness (QED) is 0.665. The summed E-state index contributed by atoms with van der Waals surface area (Å²) in [5, 5.41) is 12.8. The zero-order valence-electron chi connectivity index (χ0n) is 17.6. The number of rotatable bonds is 6. The number of piperidine rings is 1. The summed E-state index contributed by atoms with van der Waals surface area (Å²) < 4.78 is 15.3. The van der Waals surface area contributed by atoms with E-state index in [2.05, 4.69) is 27.3 Å². The number of nitriles is 1. The normalized spacial score (nSPS) is 15.3. The molecule has 1 aromatic heterocycles. The minimum atomic E-state index is -0.365. The Bertz CT molecular complexity index is 1170. The molecule has 1 N–H and O–H groups in total. The molecule has 1 fully saturated rings. The molecule has 6 nitrogen and oxygen atoms in total. The lowest BCUT2D eigenvalue weighted by molar-refractivity contribution is 0.191. The topological polar surface area (TPSA) is 73.9 Å². The number of nitrogens with one attached hydrogen (secondary N) is 1. The van der Waals surface area contributed by atoms with Crippen molar-refractivity contribution in [3.05, 3.63) is 75.5 Å². The molecule has 0 bridgehead atoms. The van der Waals surface area contributed by atoms with Gasteiger partial charge in [0.2, 0.25) is 0 Å². The van der Waals surface area contributed by atoms with Gasteiger partial charge in [0, 0.05) is 25.7 Å². The van der Waals surface area contributed by atoms with E-state index in [1.165, 1.54) is 18.3 Å². The van der Waals surface area contributed by atoms with Crippen LogP contribution >= 0.6 is 0 Å². The van der Waals surface area contributed by atoms with E-state index >= 15 is 0 Å². The number of aromatic nitrogens is 2. The molecule has 31 heavy (non-hydrogen) atoms. The van der Waals surface area contributed by atoms with Gasteiger partial charge in [0.05, 0.1) is 28.9 Å². The van der Waals surface area contributed by atoms with Crippen molar-refractivity contribution < 1.29 is 4.39 Å². The third-order valence-corrected chi connectivity index (χ3v) is 6.05. The third-order valence-electron chi connectivity index (χ3n) is 6.05. The van der Waals surface area contributed by atoms with Crippen LogP contribution in [0.3, 0.4) is 0 Å². The molecule has 1 aliphatic rings. The maximum atomic E-state index is 13.7. The first-order valence-corrected chi connectivity index (χ1v) is 10.6. The molecule has 0 atom stereocenters. The Morgan fingerprint density at radius 3 is 2.77 bits per heavy atom. The minimum absolute atomic E-state index is 0.204. The largest absolute Gasteiger partial charge is 0.310 e. The predicted octanol–water partition coefficient (Wildman–Crippen LogP) is 2.97. The lowest BCUT2D eigenvalue weighted by Gasteiger charge is -2.32. The van der Waals surface area contributed by atoms with E-state index in [0.29, 0.717) is 23.6 Å². The Morgan fingerprint density at radius 2 is 2.00 bits per heavy atom. The van der Waals surface area contributed by atoms with Gasteiger partial charge in [0.1, 0.15) is 5.82 Å². The molecule has 1 aliphatic heterocycles. The van der Waals surface area contributed by atoms with Crippen molar-refractivity contribution in [2.24, 2.45) is 0 Å². The molecule has 160 valence electrons. The highest BCUT2D eigenvalue weighted by atomic mass is 19.1. The first-order chi connectivity index (χ1) is 15.0. The minimum Gasteiger partial charge on any atom is -0.310 e. The van der Waals surface area contributed by atoms with Crippen LogP contribution in [0.25, 0.3) is 11.0 Å². The summed E-state index contributed by atoms with van der Waals surface area (Å²) in [6.45, 7) is 5.85. The maximum Gasteiger partial charge on any atom is 0.269 e. The maximum absolute atomic E-state index is 13.7. The Labute approximate surface area is 180 Å². The summed E-state index contributed by atoms with van der Waals surface area (Å²) in [6, 6.07) is 13.0. The lowest BCUT2D eigenvalue weighted by atomic mass is 10.0. The number of hydrogen-bond acceptors (Lipinski definition) is 5. The molecule has 7 heteroatoms. The van der Waals surface area contributed by atoms with Crippen LogP contribution < -0.4 is 10.9 Å². The molecule has 0 saturated carbocycles. The summed E-state index contributed by atoms with van der Waals surface area (Å²) >= 11 is 0. The van der Waals surface area contributed by atoms with Crippen molar-refractivity contribution >= 4 is 11.0 Å². The van der Waals surface area contributed by atoms with Gasteiger partial charge < -0.3 is 14.8 Å². The number of halogens is 1. The van der Waals surface area contributed by atoms with Crippen LogP contribution in [0.5, 0.6) is 0 Å². The molecule has 1 saturated heterocycles. The van der Waals surface area contributed by atoms with E-state index in [1.54, 1.807) is 10.6 Å². The van der Waals surface area contributed by atoms with Crippen molar-refractivity contribution in [1.29, 1.82) is 5.26 Å². The first kappa shape index (κ1) is 21.2. The fourth-order valence-electron chi connectivity index (χ4n) is 4.13. The molecule has 0 radical (unpaired) electrons. The van der Waals surface area contributed by atoms with Gasteiger partial charge in [-0.1, -0.05) is 12.1 Å². The van der Waals surface area contributed by atoms with Crippen LogP contribution in [0.4, 0.5) is 4.39 Å². The molecule has 0 aliphatic carbocycles. The van der Waals surface area contributed by atoms with Gasteiger partial charge in [-0.3, -0.25) is 4.79 Å². The van der Waals surface area contributed by atoms with Crippen molar-refractivity contribution in [2.75, 3.05) is 19.6 Å². The standard InChI is InChI=1S/C24H26FN5O/c1-17-2-3-18(12-19(17)14-26)15-27-21-6-8-29(9-7-21)10-11-30-23-13-20(25)4-5-22(23)28-16-24(30)31/h2-5,12-13,16,21,27H,6-11,15H2,1H3. The molecule has 2 heterocycles. The zero-order chi connectivity index (χ0) is 21.8. The molecule has 3 aromatic rings. The highest BCUT2D eigenvalue weighted by molar-refractivity contribution is 5.74. The molecule has 0 amide bonds. The van der Waals surface area contributed by atoms with Crippen molar-refractivity contribution in [2.45, 2.75) is 38.9 Å². The summed E-state index contributed by atoms with van der Waals surface area (Å²) in [7, 11) is 0. The number of nitrogens with zero attached hydrogens (tertiary/aromatic N) is 4. The van der Waals surface area contributed by atoms with Gasteiger partial charge in [0.15, 0.2) is 0 Å². The average Bonchev–Trinajstić information content (AvgIpc) is 2.78. The monoisotopic (exact) mass is 419 g/mol. The predicted molar refractivity (Wildman–Crippen MR) is 118 cm³/mol. The highest BCUT2D eigenvalue weighted by Gasteiger charge is 2.19. The highest BCUT2D eigenvalue weighted by Crippen LogP contribution is 2.15. The van der Waals surface area contributed by atoms with E-state index < -0.39 is 0 Å². The van der Waals surface area contributed by atoms with E-state index in [1.807, 2.05) is 19.1 Å². The van der Waals surface area contributed by atoms with Gasteiger partial charge in [-0.25, -0.2) is 9.37 Å². The number of benzene rings is 2. The SMILES string of the molecule is Cc1ccc(CNC2CCN(CCn3c(=O)cnc4ccc(F)cc43)CC2)cc1C#N. The fraction of sp³-hybridized carbons (Fsp3) is 0.375.